The van der Waals surface area contributed by atoms with Crippen molar-refractivity contribution in [3.63, 3.8) is 0 Å². The van der Waals surface area contributed by atoms with Gasteiger partial charge in [0.15, 0.2) is 0 Å². The fraction of sp³-hybridized carbons (Fsp3) is 0.333. The fourth-order valence-corrected chi connectivity index (χ4v) is 1.63. The summed E-state index contributed by atoms with van der Waals surface area (Å²) >= 11 is 0. The number of nitrogens with zero attached hydrogens (tertiary/aromatic N) is 2. The average Bonchev–Trinajstić information content (AvgIpc) is 2.48. The number of rotatable bonds is 6. The van der Waals surface area contributed by atoms with Crippen molar-refractivity contribution in [1.82, 2.24) is 9.97 Å². The zero-order valence-corrected chi connectivity index (χ0v) is 12.0. The molecule has 0 bridgehead atoms. The Hall–Kier alpha value is -2.30. The number of aromatic nitrogens is 2. The second kappa shape index (κ2) is 6.75. The van der Waals surface area contributed by atoms with Crippen LogP contribution in [0.4, 0.5) is 5.95 Å². The maximum absolute atomic E-state index is 5.80. The molecule has 0 atom stereocenters. The van der Waals surface area contributed by atoms with Gasteiger partial charge in [0, 0.05) is 24.4 Å². The molecule has 1 N–H and O–H groups in total. The zero-order valence-electron chi connectivity index (χ0n) is 12.0. The standard InChI is InChI=1S/C15H19N3O2/c1-4-8-16-15-17-10-11(2)14(18-15)20-13-7-5-6-12(9-13)19-3/h5-7,9-10H,4,8H2,1-3H3,(H,16,17,18). The van der Waals surface area contributed by atoms with Crippen molar-refractivity contribution in [1.29, 1.82) is 0 Å². The monoisotopic (exact) mass is 273 g/mol. The van der Waals surface area contributed by atoms with E-state index < -0.39 is 0 Å². The van der Waals surface area contributed by atoms with Crippen LogP contribution in [0.1, 0.15) is 18.9 Å². The van der Waals surface area contributed by atoms with Crippen molar-refractivity contribution in [2.75, 3.05) is 19.0 Å². The average molecular weight is 273 g/mol. The number of anilines is 1. The molecule has 5 nitrogen and oxygen atoms in total. The number of nitrogens with one attached hydrogen (secondary N) is 1. The van der Waals surface area contributed by atoms with Crippen molar-refractivity contribution in [2.45, 2.75) is 20.3 Å². The fourth-order valence-electron chi connectivity index (χ4n) is 1.63. The molecule has 0 aliphatic rings. The molecule has 5 heteroatoms. The molecule has 0 unspecified atom stereocenters. The summed E-state index contributed by atoms with van der Waals surface area (Å²) in [4.78, 5) is 8.60. The molecule has 0 saturated carbocycles. The Labute approximate surface area is 119 Å². The SMILES string of the molecule is CCCNc1ncc(C)c(Oc2cccc(OC)c2)n1. The van der Waals surface area contributed by atoms with Crippen molar-refractivity contribution in [3.05, 3.63) is 36.0 Å². The lowest BCUT2D eigenvalue weighted by molar-refractivity contribution is 0.407. The van der Waals surface area contributed by atoms with E-state index in [0.29, 0.717) is 17.6 Å². The lowest BCUT2D eigenvalue weighted by Crippen LogP contribution is -2.05. The molecular formula is C15H19N3O2. The molecule has 1 heterocycles. The number of benzene rings is 1. The van der Waals surface area contributed by atoms with Gasteiger partial charge in [-0.25, -0.2) is 4.98 Å². The molecule has 0 amide bonds. The summed E-state index contributed by atoms with van der Waals surface area (Å²) < 4.78 is 11.0. The number of aryl methyl sites for hydroxylation is 1. The minimum Gasteiger partial charge on any atom is -0.497 e. The van der Waals surface area contributed by atoms with Crippen LogP contribution in [0, 0.1) is 6.92 Å². The summed E-state index contributed by atoms with van der Waals surface area (Å²) in [7, 11) is 1.63. The third-order valence-electron chi connectivity index (χ3n) is 2.71. The minimum absolute atomic E-state index is 0.548. The van der Waals surface area contributed by atoms with Gasteiger partial charge >= 0.3 is 0 Å². The minimum atomic E-state index is 0.548. The molecule has 2 rings (SSSR count). The molecule has 20 heavy (non-hydrogen) atoms. The highest BCUT2D eigenvalue weighted by atomic mass is 16.5. The molecule has 1 aromatic heterocycles. The van der Waals surface area contributed by atoms with Gasteiger partial charge in [0.05, 0.1) is 7.11 Å². The third-order valence-corrected chi connectivity index (χ3v) is 2.71. The summed E-state index contributed by atoms with van der Waals surface area (Å²) in [5.41, 5.74) is 0.884. The third kappa shape index (κ3) is 3.60. The van der Waals surface area contributed by atoms with Crippen LogP contribution in [-0.4, -0.2) is 23.6 Å². The van der Waals surface area contributed by atoms with Gasteiger partial charge in [0.2, 0.25) is 11.8 Å². The second-order valence-corrected chi connectivity index (χ2v) is 4.39. The quantitative estimate of drug-likeness (QED) is 0.874. The Kier molecular flexibility index (Phi) is 4.76. The predicted molar refractivity (Wildman–Crippen MR) is 78.6 cm³/mol. The largest absolute Gasteiger partial charge is 0.497 e. The number of ether oxygens (including phenoxy) is 2. The lowest BCUT2D eigenvalue weighted by atomic mass is 10.3. The molecular weight excluding hydrogens is 254 g/mol. The molecule has 1 aromatic carbocycles. The Morgan fingerprint density at radius 2 is 2.05 bits per heavy atom. The Balaban J connectivity index is 2.18. The number of hydrogen-bond acceptors (Lipinski definition) is 5. The van der Waals surface area contributed by atoms with Crippen molar-refractivity contribution in [2.24, 2.45) is 0 Å². The first kappa shape index (κ1) is 14.1. The van der Waals surface area contributed by atoms with Gasteiger partial charge in [-0.2, -0.15) is 4.98 Å². The van der Waals surface area contributed by atoms with Crippen molar-refractivity contribution >= 4 is 5.95 Å². The van der Waals surface area contributed by atoms with Crippen molar-refractivity contribution < 1.29 is 9.47 Å². The first-order chi connectivity index (χ1) is 9.72. The smallest absolute Gasteiger partial charge is 0.226 e. The first-order valence-corrected chi connectivity index (χ1v) is 6.62. The molecule has 0 fully saturated rings. The molecule has 106 valence electrons. The number of methoxy groups -OCH3 is 1. The molecule has 2 aromatic rings. The molecule has 0 aliphatic carbocycles. The highest BCUT2D eigenvalue weighted by Crippen LogP contribution is 2.26. The van der Waals surface area contributed by atoms with E-state index in [9.17, 15) is 0 Å². The summed E-state index contributed by atoms with van der Waals surface area (Å²) in [6, 6.07) is 7.43. The lowest BCUT2D eigenvalue weighted by Gasteiger charge is -2.10. The zero-order chi connectivity index (χ0) is 14.4. The van der Waals surface area contributed by atoms with Gasteiger partial charge in [0.25, 0.3) is 0 Å². The van der Waals surface area contributed by atoms with Crippen LogP contribution in [0.25, 0.3) is 0 Å². The van der Waals surface area contributed by atoms with E-state index in [4.69, 9.17) is 9.47 Å². The van der Waals surface area contributed by atoms with E-state index >= 15 is 0 Å². The van der Waals surface area contributed by atoms with E-state index in [-0.39, 0.29) is 0 Å². The van der Waals surface area contributed by atoms with Crippen LogP contribution in [0.5, 0.6) is 17.4 Å². The summed E-state index contributed by atoms with van der Waals surface area (Å²) in [6.45, 7) is 4.84. The Bertz CT molecular complexity index is 573. The van der Waals surface area contributed by atoms with Crippen LogP contribution in [0.2, 0.25) is 0 Å². The first-order valence-electron chi connectivity index (χ1n) is 6.62. The summed E-state index contributed by atoms with van der Waals surface area (Å²) in [5, 5.41) is 3.14. The van der Waals surface area contributed by atoms with Crippen molar-refractivity contribution in [3.8, 4) is 17.4 Å². The van der Waals surface area contributed by atoms with Gasteiger partial charge < -0.3 is 14.8 Å². The van der Waals surface area contributed by atoms with Gasteiger partial charge in [-0.1, -0.05) is 13.0 Å². The topological polar surface area (TPSA) is 56.3 Å². The summed E-state index contributed by atoms with van der Waals surface area (Å²) in [6.07, 6.45) is 2.77. The van der Waals surface area contributed by atoms with Gasteiger partial charge in [-0.15, -0.1) is 0 Å². The van der Waals surface area contributed by atoms with Crippen LogP contribution < -0.4 is 14.8 Å². The van der Waals surface area contributed by atoms with E-state index in [2.05, 4.69) is 22.2 Å². The Morgan fingerprint density at radius 3 is 2.80 bits per heavy atom. The maximum Gasteiger partial charge on any atom is 0.226 e. The van der Waals surface area contributed by atoms with Crippen LogP contribution in [0.3, 0.4) is 0 Å². The molecule has 0 saturated heterocycles. The highest BCUT2D eigenvalue weighted by Gasteiger charge is 2.07. The van der Waals surface area contributed by atoms with Gasteiger partial charge in [-0.3, -0.25) is 0 Å². The Morgan fingerprint density at radius 1 is 1.25 bits per heavy atom. The molecule has 0 aliphatic heterocycles. The highest BCUT2D eigenvalue weighted by molar-refractivity contribution is 5.38. The van der Waals surface area contributed by atoms with Gasteiger partial charge in [-0.05, 0) is 25.5 Å². The predicted octanol–water partition coefficient (Wildman–Crippen LogP) is 3.41. The van der Waals surface area contributed by atoms with Crippen LogP contribution >= 0.6 is 0 Å². The van der Waals surface area contributed by atoms with Crippen LogP contribution in [0.15, 0.2) is 30.5 Å². The van der Waals surface area contributed by atoms with Gasteiger partial charge in [0.1, 0.15) is 11.5 Å². The maximum atomic E-state index is 5.80. The second-order valence-electron chi connectivity index (χ2n) is 4.39. The number of hydrogen-bond donors (Lipinski definition) is 1. The van der Waals surface area contributed by atoms with E-state index in [1.807, 2.05) is 31.2 Å². The summed E-state index contributed by atoms with van der Waals surface area (Å²) in [5.74, 6) is 2.56. The normalized spacial score (nSPS) is 10.2. The van der Waals surface area contributed by atoms with E-state index in [1.165, 1.54) is 0 Å². The van der Waals surface area contributed by atoms with E-state index in [0.717, 1.165) is 24.3 Å². The van der Waals surface area contributed by atoms with E-state index in [1.54, 1.807) is 13.3 Å². The van der Waals surface area contributed by atoms with Crippen LogP contribution in [-0.2, 0) is 0 Å². The molecule has 0 radical (unpaired) electrons. The molecule has 0 spiro atoms.